The minimum atomic E-state index is -2.45. The third-order valence-corrected chi connectivity index (χ3v) is 4.52. The molecule has 0 radical (unpaired) electrons. The predicted octanol–water partition coefficient (Wildman–Crippen LogP) is 3.46. The van der Waals surface area contributed by atoms with Gasteiger partial charge in [0.15, 0.2) is 0 Å². The molecule has 0 spiro atoms. The van der Waals surface area contributed by atoms with Gasteiger partial charge in [-0.25, -0.2) is 8.78 Å². The normalized spacial score (nSPS) is 20.6. The zero-order valence-electron chi connectivity index (χ0n) is 13.3. The molecule has 2 rings (SSSR count). The quantitative estimate of drug-likeness (QED) is 0.871. The molecule has 1 atom stereocenters. The average molecular weight is 299 g/mol. The Morgan fingerprint density at radius 3 is 2.62 bits per heavy atom. The van der Waals surface area contributed by atoms with Crippen LogP contribution < -0.4 is 5.32 Å². The van der Waals surface area contributed by atoms with E-state index in [0.717, 1.165) is 25.1 Å². The Labute approximate surface area is 126 Å². The largest absolute Gasteiger partial charge is 0.313 e. The molecule has 120 valence electrons. The summed E-state index contributed by atoms with van der Waals surface area (Å²) in [7, 11) is 1.95. The van der Waals surface area contributed by atoms with Crippen LogP contribution in [0.25, 0.3) is 0 Å². The van der Waals surface area contributed by atoms with Gasteiger partial charge in [-0.1, -0.05) is 6.92 Å². The zero-order chi connectivity index (χ0) is 15.5. The van der Waals surface area contributed by atoms with Gasteiger partial charge in [-0.15, -0.1) is 0 Å². The van der Waals surface area contributed by atoms with E-state index in [1.54, 1.807) is 0 Å². The lowest BCUT2D eigenvalue weighted by Gasteiger charge is -2.34. The molecular weight excluding hydrogens is 272 g/mol. The molecule has 0 aromatic carbocycles. The van der Waals surface area contributed by atoms with Gasteiger partial charge in [0.2, 0.25) is 5.92 Å². The molecule has 1 saturated carbocycles. The average Bonchev–Trinajstić information content (AvgIpc) is 2.73. The molecule has 0 saturated heterocycles. The standard InChI is InChI=1S/C16H27F2N3/c1-4-9-19-15(11-14-10-12(2)20-21(14)3)13-5-7-16(17,18)8-6-13/h10,13,15,19H,4-9,11H2,1-3H3. The molecule has 0 amide bonds. The highest BCUT2D eigenvalue weighted by Gasteiger charge is 2.37. The van der Waals surface area contributed by atoms with Crippen molar-refractivity contribution in [3.05, 3.63) is 17.5 Å². The number of rotatable bonds is 6. The highest BCUT2D eigenvalue weighted by atomic mass is 19.3. The Balaban J connectivity index is 2.02. The zero-order valence-corrected chi connectivity index (χ0v) is 13.3. The maximum Gasteiger partial charge on any atom is 0.248 e. The summed E-state index contributed by atoms with van der Waals surface area (Å²) in [5.41, 5.74) is 2.19. The van der Waals surface area contributed by atoms with Crippen molar-refractivity contribution < 1.29 is 8.78 Å². The van der Waals surface area contributed by atoms with E-state index in [0.29, 0.717) is 18.8 Å². The molecule has 1 N–H and O–H groups in total. The molecule has 1 aromatic rings. The Kier molecular flexibility index (Phi) is 5.36. The first-order valence-electron chi connectivity index (χ1n) is 8.02. The fourth-order valence-corrected chi connectivity index (χ4v) is 3.28. The lowest BCUT2D eigenvalue weighted by Crippen LogP contribution is -2.42. The highest BCUT2D eigenvalue weighted by molar-refractivity contribution is 5.10. The van der Waals surface area contributed by atoms with Crippen LogP contribution in [0.4, 0.5) is 8.78 Å². The molecule has 5 heteroatoms. The van der Waals surface area contributed by atoms with E-state index >= 15 is 0 Å². The van der Waals surface area contributed by atoms with Crippen LogP contribution in [-0.4, -0.2) is 28.3 Å². The Bertz CT molecular complexity index is 446. The summed E-state index contributed by atoms with van der Waals surface area (Å²) in [5, 5.41) is 7.95. The molecule has 0 bridgehead atoms. The summed E-state index contributed by atoms with van der Waals surface area (Å²) >= 11 is 0. The maximum atomic E-state index is 13.4. The molecule has 1 aromatic heterocycles. The van der Waals surface area contributed by atoms with Crippen LogP contribution in [0.5, 0.6) is 0 Å². The molecule has 1 heterocycles. The monoisotopic (exact) mass is 299 g/mol. The van der Waals surface area contributed by atoms with Crippen molar-refractivity contribution >= 4 is 0 Å². The first kappa shape index (κ1) is 16.4. The van der Waals surface area contributed by atoms with E-state index in [1.165, 1.54) is 5.69 Å². The van der Waals surface area contributed by atoms with Gasteiger partial charge in [-0.05, 0) is 44.7 Å². The van der Waals surface area contributed by atoms with Crippen molar-refractivity contribution in [1.82, 2.24) is 15.1 Å². The number of alkyl halides is 2. The Hall–Kier alpha value is -0.970. The second kappa shape index (κ2) is 6.86. The first-order chi connectivity index (χ1) is 9.91. The summed E-state index contributed by atoms with van der Waals surface area (Å²) in [6.45, 7) is 5.06. The minimum absolute atomic E-state index is 0.0341. The molecule has 0 aliphatic heterocycles. The van der Waals surface area contributed by atoms with Gasteiger partial charge in [0, 0.05) is 38.0 Å². The lowest BCUT2D eigenvalue weighted by atomic mass is 9.80. The fourth-order valence-electron chi connectivity index (χ4n) is 3.28. The summed E-state index contributed by atoms with van der Waals surface area (Å²) in [6.07, 6.45) is 3.23. The highest BCUT2D eigenvalue weighted by Crippen LogP contribution is 2.38. The van der Waals surface area contributed by atoms with Gasteiger partial charge in [-0.3, -0.25) is 4.68 Å². The van der Waals surface area contributed by atoms with Crippen molar-refractivity contribution in [3.63, 3.8) is 0 Å². The van der Waals surface area contributed by atoms with Gasteiger partial charge in [0.25, 0.3) is 0 Å². The van der Waals surface area contributed by atoms with Crippen LogP contribution in [0.1, 0.15) is 50.4 Å². The van der Waals surface area contributed by atoms with Gasteiger partial charge in [0.05, 0.1) is 5.69 Å². The molecular formula is C16H27F2N3. The Morgan fingerprint density at radius 1 is 1.43 bits per heavy atom. The number of hydrogen-bond acceptors (Lipinski definition) is 2. The van der Waals surface area contributed by atoms with Crippen LogP contribution in [0, 0.1) is 12.8 Å². The summed E-state index contributed by atoms with van der Waals surface area (Å²) < 4.78 is 28.6. The number of aryl methyl sites for hydroxylation is 2. The summed E-state index contributed by atoms with van der Waals surface area (Å²) in [4.78, 5) is 0. The summed E-state index contributed by atoms with van der Waals surface area (Å²) in [5.74, 6) is -2.11. The topological polar surface area (TPSA) is 29.9 Å². The summed E-state index contributed by atoms with van der Waals surface area (Å²) in [6, 6.07) is 2.37. The number of nitrogens with one attached hydrogen (secondary N) is 1. The molecule has 1 fully saturated rings. The Morgan fingerprint density at radius 2 is 2.10 bits per heavy atom. The second-order valence-electron chi connectivity index (χ2n) is 6.36. The van der Waals surface area contributed by atoms with Gasteiger partial charge in [0.1, 0.15) is 0 Å². The molecule has 21 heavy (non-hydrogen) atoms. The third-order valence-electron chi connectivity index (χ3n) is 4.52. The van der Waals surface area contributed by atoms with E-state index in [2.05, 4.69) is 23.4 Å². The van der Waals surface area contributed by atoms with E-state index < -0.39 is 5.92 Å². The molecule has 3 nitrogen and oxygen atoms in total. The SMILES string of the molecule is CCCNC(Cc1cc(C)nn1C)C1CCC(F)(F)CC1. The third kappa shape index (κ3) is 4.50. The molecule has 1 aliphatic rings. The van der Waals surface area contributed by atoms with E-state index in [9.17, 15) is 8.78 Å². The number of nitrogens with zero attached hydrogens (tertiary/aromatic N) is 2. The number of halogens is 2. The van der Waals surface area contributed by atoms with E-state index in [-0.39, 0.29) is 18.9 Å². The smallest absolute Gasteiger partial charge is 0.248 e. The van der Waals surface area contributed by atoms with Gasteiger partial charge >= 0.3 is 0 Å². The second-order valence-corrected chi connectivity index (χ2v) is 6.36. The van der Waals surface area contributed by atoms with Crippen molar-refractivity contribution in [3.8, 4) is 0 Å². The number of aromatic nitrogens is 2. The van der Waals surface area contributed by atoms with Crippen LogP contribution in [0.15, 0.2) is 6.07 Å². The van der Waals surface area contributed by atoms with Crippen LogP contribution in [0.3, 0.4) is 0 Å². The van der Waals surface area contributed by atoms with Gasteiger partial charge in [-0.2, -0.15) is 5.10 Å². The predicted molar refractivity (Wildman–Crippen MR) is 80.6 cm³/mol. The van der Waals surface area contributed by atoms with Crippen molar-refractivity contribution in [2.45, 2.75) is 64.3 Å². The van der Waals surface area contributed by atoms with Crippen molar-refractivity contribution in [1.29, 1.82) is 0 Å². The molecule has 1 unspecified atom stereocenters. The maximum absolute atomic E-state index is 13.4. The number of hydrogen-bond donors (Lipinski definition) is 1. The first-order valence-corrected chi connectivity index (χ1v) is 8.02. The van der Waals surface area contributed by atoms with Crippen molar-refractivity contribution in [2.75, 3.05) is 6.54 Å². The fraction of sp³-hybridized carbons (Fsp3) is 0.812. The van der Waals surface area contributed by atoms with E-state index in [1.807, 2.05) is 18.7 Å². The van der Waals surface area contributed by atoms with Crippen LogP contribution in [0.2, 0.25) is 0 Å². The van der Waals surface area contributed by atoms with Crippen LogP contribution in [-0.2, 0) is 13.5 Å². The van der Waals surface area contributed by atoms with Gasteiger partial charge < -0.3 is 5.32 Å². The van der Waals surface area contributed by atoms with Crippen LogP contribution >= 0.6 is 0 Å². The minimum Gasteiger partial charge on any atom is -0.313 e. The lowest BCUT2D eigenvalue weighted by molar-refractivity contribution is -0.0495. The van der Waals surface area contributed by atoms with Crippen molar-refractivity contribution in [2.24, 2.45) is 13.0 Å². The molecule has 1 aliphatic carbocycles. The van der Waals surface area contributed by atoms with E-state index in [4.69, 9.17) is 0 Å².